The molecule has 0 saturated carbocycles. The monoisotopic (exact) mass is 335 g/mol. The van der Waals surface area contributed by atoms with Gasteiger partial charge in [0.2, 0.25) is 0 Å². The molecular formula is C11H8BrCl2NS. The van der Waals surface area contributed by atoms with E-state index in [4.69, 9.17) is 23.2 Å². The van der Waals surface area contributed by atoms with Gasteiger partial charge in [-0.15, -0.1) is 11.3 Å². The Morgan fingerprint density at radius 3 is 2.62 bits per heavy atom. The van der Waals surface area contributed by atoms with Crippen LogP contribution in [0.3, 0.4) is 0 Å². The lowest BCUT2D eigenvalue weighted by Gasteiger charge is -2.05. The molecule has 0 aliphatic heterocycles. The summed E-state index contributed by atoms with van der Waals surface area (Å²) in [6, 6.07) is 7.62. The summed E-state index contributed by atoms with van der Waals surface area (Å²) in [6.45, 7) is 0.786. The molecule has 5 heteroatoms. The van der Waals surface area contributed by atoms with Gasteiger partial charge in [-0.2, -0.15) is 0 Å². The first-order valence-corrected chi connectivity index (χ1v) is 7.00. The standard InChI is InChI=1S/C11H8BrCl2NS/c12-7-3-9(16-6-7)5-15-8-1-2-10(13)11(14)4-8/h1-4,6,15H,5H2. The van der Waals surface area contributed by atoms with Crippen LogP contribution in [0, 0.1) is 0 Å². The van der Waals surface area contributed by atoms with E-state index in [1.807, 2.05) is 12.1 Å². The van der Waals surface area contributed by atoms with E-state index in [-0.39, 0.29) is 0 Å². The highest BCUT2D eigenvalue weighted by Crippen LogP contribution is 2.26. The third-order valence-electron chi connectivity index (χ3n) is 2.01. The fraction of sp³-hybridized carbons (Fsp3) is 0.0909. The van der Waals surface area contributed by atoms with Gasteiger partial charge in [0, 0.05) is 27.0 Å². The fourth-order valence-electron chi connectivity index (χ4n) is 1.24. The molecule has 0 atom stereocenters. The van der Waals surface area contributed by atoms with E-state index in [1.165, 1.54) is 4.88 Å². The number of halogens is 3. The molecule has 1 heterocycles. The molecule has 1 nitrogen and oxygen atoms in total. The van der Waals surface area contributed by atoms with Crippen molar-refractivity contribution in [3.63, 3.8) is 0 Å². The van der Waals surface area contributed by atoms with Crippen LogP contribution in [0.4, 0.5) is 5.69 Å². The molecule has 0 saturated heterocycles. The molecule has 2 rings (SSSR count). The zero-order valence-corrected chi connectivity index (χ0v) is 12.1. The average molecular weight is 337 g/mol. The number of hydrogen-bond acceptors (Lipinski definition) is 2. The summed E-state index contributed by atoms with van der Waals surface area (Å²) in [6.07, 6.45) is 0. The van der Waals surface area contributed by atoms with Crippen LogP contribution < -0.4 is 5.32 Å². The van der Waals surface area contributed by atoms with Crippen LogP contribution in [0.1, 0.15) is 4.88 Å². The number of thiophene rings is 1. The number of anilines is 1. The Bertz CT molecular complexity index is 498. The Kier molecular flexibility index (Phi) is 4.14. The highest BCUT2D eigenvalue weighted by Gasteiger charge is 2.00. The van der Waals surface area contributed by atoms with Crippen molar-refractivity contribution in [1.82, 2.24) is 0 Å². The molecule has 1 aromatic carbocycles. The summed E-state index contributed by atoms with van der Waals surface area (Å²) in [7, 11) is 0. The van der Waals surface area contributed by atoms with Crippen LogP contribution in [0.5, 0.6) is 0 Å². The van der Waals surface area contributed by atoms with Gasteiger partial charge in [-0.25, -0.2) is 0 Å². The lowest BCUT2D eigenvalue weighted by atomic mass is 10.3. The average Bonchev–Trinajstić information content (AvgIpc) is 2.66. The molecule has 0 radical (unpaired) electrons. The smallest absolute Gasteiger partial charge is 0.0612 e. The molecule has 0 aliphatic rings. The van der Waals surface area contributed by atoms with E-state index in [1.54, 1.807) is 17.4 Å². The van der Waals surface area contributed by atoms with Gasteiger partial charge in [0.25, 0.3) is 0 Å². The quantitative estimate of drug-likeness (QED) is 0.788. The second kappa shape index (κ2) is 5.41. The predicted molar refractivity (Wildman–Crippen MR) is 75.8 cm³/mol. The maximum atomic E-state index is 5.92. The van der Waals surface area contributed by atoms with E-state index in [0.717, 1.165) is 16.7 Å². The van der Waals surface area contributed by atoms with Crippen LogP contribution in [-0.4, -0.2) is 0 Å². The number of nitrogens with one attached hydrogen (secondary N) is 1. The lowest BCUT2D eigenvalue weighted by Crippen LogP contribution is -1.96. The lowest BCUT2D eigenvalue weighted by molar-refractivity contribution is 1.19. The van der Waals surface area contributed by atoms with Crippen molar-refractivity contribution in [3.05, 3.63) is 49.0 Å². The Morgan fingerprint density at radius 1 is 1.19 bits per heavy atom. The zero-order valence-electron chi connectivity index (χ0n) is 8.14. The number of rotatable bonds is 3. The van der Waals surface area contributed by atoms with Crippen molar-refractivity contribution >= 4 is 56.2 Å². The van der Waals surface area contributed by atoms with E-state index in [0.29, 0.717) is 10.0 Å². The van der Waals surface area contributed by atoms with E-state index in [2.05, 4.69) is 32.7 Å². The van der Waals surface area contributed by atoms with Gasteiger partial charge in [0.05, 0.1) is 10.0 Å². The minimum Gasteiger partial charge on any atom is -0.380 e. The summed E-state index contributed by atoms with van der Waals surface area (Å²) in [5.74, 6) is 0. The van der Waals surface area contributed by atoms with Crippen molar-refractivity contribution in [1.29, 1.82) is 0 Å². The van der Waals surface area contributed by atoms with E-state index < -0.39 is 0 Å². The van der Waals surface area contributed by atoms with Crippen molar-refractivity contribution in [2.45, 2.75) is 6.54 Å². The molecule has 0 unspecified atom stereocenters. The molecule has 1 N–H and O–H groups in total. The third kappa shape index (κ3) is 3.14. The number of benzene rings is 1. The van der Waals surface area contributed by atoms with Gasteiger partial charge in [-0.1, -0.05) is 23.2 Å². The fourth-order valence-corrected chi connectivity index (χ4v) is 2.93. The summed E-state index contributed by atoms with van der Waals surface area (Å²) in [4.78, 5) is 1.26. The Balaban J connectivity index is 2.02. The Labute approximate surface area is 117 Å². The maximum absolute atomic E-state index is 5.92. The topological polar surface area (TPSA) is 12.0 Å². The van der Waals surface area contributed by atoms with Gasteiger partial charge in [0.1, 0.15) is 0 Å². The third-order valence-corrected chi connectivity index (χ3v) is 4.44. The molecule has 2 aromatic rings. The largest absolute Gasteiger partial charge is 0.380 e. The van der Waals surface area contributed by atoms with Gasteiger partial charge in [-0.05, 0) is 40.2 Å². The molecule has 0 bridgehead atoms. The molecule has 0 spiro atoms. The second-order valence-electron chi connectivity index (χ2n) is 3.21. The molecule has 0 amide bonds. The van der Waals surface area contributed by atoms with Crippen molar-refractivity contribution in [2.75, 3.05) is 5.32 Å². The van der Waals surface area contributed by atoms with E-state index in [9.17, 15) is 0 Å². The van der Waals surface area contributed by atoms with Crippen molar-refractivity contribution < 1.29 is 0 Å². The molecule has 0 aliphatic carbocycles. The molecule has 1 aromatic heterocycles. The van der Waals surface area contributed by atoms with Crippen LogP contribution in [0.15, 0.2) is 34.1 Å². The molecule has 84 valence electrons. The van der Waals surface area contributed by atoms with Crippen molar-refractivity contribution in [2.24, 2.45) is 0 Å². The highest BCUT2D eigenvalue weighted by atomic mass is 79.9. The Morgan fingerprint density at radius 2 is 2.00 bits per heavy atom. The zero-order chi connectivity index (χ0) is 11.5. The first kappa shape index (κ1) is 12.2. The minimum atomic E-state index is 0.569. The summed E-state index contributed by atoms with van der Waals surface area (Å²) in [5.41, 5.74) is 0.971. The minimum absolute atomic E-state index is 0.569. The van der Waals surface area contributed by atoms with Crippen LogP contribution in [-0.2, 0) is 6.54 Å². The highest BCUT2D eigenvalue weighted by molar-refractivity contribution is 9.10. The summed E-state index contributed by atoms with van der Waals surface area (Å²) < 4.78 is 1.11. The SMILES string of the molecule is Clc1ccc(NCc2cc(Br)cs2)cc1Cl. The second-order valence-corrected chi connectivity index (χ2v) is 5.94. The van der Waals surface area contributed by atoms with Crippen LogP contribution in [0.25, 0.3) is 0 Å². The van der Waals surface area contributed by atoms with Gasteiger partial charge >= 0.3 is 0 Å². The van der Waals surface area contributed by atoms with Crippen LogP contribution in [0.2, 0.25) is 10.0 Å². The first-order valence-electron chi connectivity index (χ1n) is 4.57. The van der Waals surface area contributed by atoms with Gasteiger partial charge < -0.3 is 5.32 Å². The van der Waals surface area contributed by atoms with Crippen molar-refractivity contribution in [3.8, 4) is 0 Å². The summed E-state index contributed by atoms with van der Waals surface area (Å²) in [5, 5.41) is 6.49. The molecule has 0 fully saturated rings. The normalized spacial score (nSPS) is 10.4. The van der Waals surface area contributed by atoms with E-state index >= 15 is 0 Å². The van der Waals surface area contributed by atoms with Crippen LogP contribution >= 0.6 is 50.5 Å². The molecule has 16 heavy (non-hydrogen) atoms. The first-order chi connectivity index (χ1) is 7.65. The van der Waals surface area contributed by atoms with Gasteiger partial charge in [-0.3, -0.25) is 0 Å². The number of hydrogen-bond donors (Lipinski definition) is 1. The van der Waals surface area contributed by atoms with Gasteiger partial charge in [0.15, 0.2) is 0 Å². The summed E-state index contributed by atoms with van der Waals surface area (Å²) >= 11 is 16.9. The predicted octanol–water partition coefficient (Wildman–Crippen LogP) is 5.43. The Hall–Kier alpha value is -0.220. The maximum Gasteiger partial charge on any atom is 0.0612 e. The molecular weight excluding hydrogens is 329 g/mol.